The number of nitrogens with zero attached hydrogens (tertiary/aromatic N) is 3. The average Bonchev–Trinajstić information content (AvgIpc) is 2.47. The number of nitrogens with one attached hydrogen (secondary N) is 1. The van der Waals surface area contributed by atoms with Crippen LogP contribution in [0.3, 0.4) is 0 Å². The van der Waals surface area contributed by atoms with E-state index >= 15 is 0 Å². The van der Waals surface area contributed by atoms with Crippen molar-refractivity contribution in [3.05, 3.63) is 34.4 Å². The zero-order valence-electron chi connectivity index (χ0n) is 10.4. The van der Waals surface area contributed by atoms with Gasteiger partial charge in [0.25, 0.3) is 5.69 Å². The Kier molecular flexibility index (Phi) is 3.99. The Labute approximate surface area is 115 Å². The van der Waals surface area contributed by atoms with Gasteiger partial charge in [0.05, 0.1) is 15.9 Å². The van der Waals surface area contributed by atoms with E-state index in [1.807, 2.05) is 6.07 Å². The molecule has 1 aromatic rings. The summed E-state index contributed by atoms with van der Waals surface area (Å²) in [6, 6.07) is 5.80. The third-order valence-electron chi connectivity index (χ3n) is 3.00. The van der Waals surface area contributed by atoms with Crippen molar-refractivity contribution in [1.29, 1.82) is 5.26 Å². The third kappa shape index (κ3) is 2.62. The van der Waals surface area contributed by atoms with E-state index in [0.717, 1.165) is 16.4 Å². The molecule has 0 aromatic heterocycles. The Bertz CT molecular complexity index is 650. The Hall–Kier alpha value is -2.02. The highest BCUT2D eigenvalue weighted by molar-refractivity contribution is 7.89. The van der Waals surface area contributed by atoms with Gasteiger partial charge >= 0.3 is 0 Å². The van der Waals surface area contributed by atoms with Gasteiger partial charge in [-0.05, 0) is 12.1 Å². The van der Waals surface area contributed by atoms with Crippen molar-refractivity contribution in [2.45, 2.75) is 10.9 Å². The van der Waals surface area contributed by atoms with E-state index in [-0.39, 0.29) is 23.7 Å². The fourth-order valence-corrected chi connectivity index (χ4v) is 3.50. The molecular weight excluding hydrogens is 284 g/mol. The highest BCUT2D eigenvalue weighted by Crippen LogP contribution is 2.21. The maximum absolute atomic E-state index is 12.4. The van der Waals surface area contributed by atoms with E-state index in [1.165, 1.54) is 12.1 Å². The number of nitro groups is 1. The van der Waals surface area contributed by atoms with Crippen LogP contribution in [0.15, 0.2) is 29.2 Å². The lowest BCUT2D eigenvalue weighted by molar-refractivity contribution is -0.384. The molecule has 1 fully saturated rings. The summed E-state index contributed by atoms with van der Waals surface area (Å²) in [6.07, 6.45) is 0. The van der Waals surface area contributed by atoms with Crippen molar-refractivity contribution in [3.63, 3.8) is 0 Å². The zero-order valence-corrected chi connectivity index (χ0v) is 11.2. The predicted molar refractivity (Wildman–Crippen MR) is 69.3 cm³/mol. The smallest absolute Gasteiger partial charge is 0.269 e. The summed E-state index contributed by atoms with van der Waals surface area (Å²) >= 11 is 0. The molecule has 0 radical (unpaired) electrons. The molecule has 1 aliphatic rings. The standard InChI is InChI=1S/C11H12N4O4S/c12-7-10-8-13-5-6-14(10)20(18,19)11-3-1-9(2-4-11)15(16)17/h1-4,10,13H,5-6,8H2. The molecule has 8 nitrogen and oxygen atoms in total. The molecule has 1 aromatic carbocycles. The number of benzene rings is 1. The fourth-order valence-electron chi connectivity index (χ4n) is 1.96. The Morgan fingerprint density at radius 2 is 2.05 bits per heavy atom. The van der Waals surface area contributed by atoms with Crippen LogP contribution < -0.4 is 5.32 Å². The van der Waals surface area contributed by atoms with Gasteiger partial charge < -0.3 is 5.32 Å². The molecule has 20 heavy (non-hydrogen) atoms. The molecule has 0 saturated carbocycles. The van der Waals surface area contributed by atoms with Crippen molar-refractivity contribution in [2.75, 3.05) is 19.6 Å². The topological polar surface area (TPSA) is 116 Å². The van der Waals surface area contributed by atoms with Crippen LogP contribution in [-0.2, 0) is 10.0 Å². The van der Waals surface area contributed by atoms with E-state index < -0.39 is 21.0 Å². The zero-order chi connectivity index (χ0) is 14.8. The first-order valence-electron chi connectivity index (χ1n) is 5.83. The summed E-state index contributed by atoms with van der Waals surface area (Å²) in [5.74, 6) is 0. The predicted octanol–water partition coefficient (Wildman–Crippen LogP) is 0.0809. The molecule has 1 N–H and O–H groups in total. The Balaban J connectivity index is 2.34. The van der Waals surface area contributed by atoms with Crippen LogP contribution in [0.5, 0.6) is 0 Å². The van der Waals surface area contributed by atoms with Crippen LogP contribution in [0.4, 0.5) is 5.69 Å². The molecule has 106 valence electrons. The van der Waals surface area contributed by atoms with Crippen LogP contribution in [0.25, 0.3) is 0 Å². The van der Waals surface area contributed by atoms with Crippen LogP contribution in [0.1, 0.15) is 0 Å². The van der Waals surface area contributed by atoms with Crippen molar-refractivity contribution < 1.29 is 13.3 Å². The second-order valence-electron chi connectivity index (χ2n) is 4.22. The summed E-state index contributed by atoms with van der Waals surface area (Å²) in [6.45, 7) is 0.921. The van der Waals surface area contributed by atoms with Crippen molar-refractivity contribution in [2.24, 2.45) is 0 Å². The van der Waals surface area contributed by atoms with Crippen LogP contribution in [0.2, 0.25) is 0 Å². The van der Waals surface area contributed by atoms with Gasteiger partial charge in [-0.25, -0.2) is 8.42 Å². The lowest BCUT2D eigenvalue weighted by Gasteiger charge is -2.30. The monoisotopic (exact) mass is 296 g/mol. The number of piperazine rings is 1. The highest BCUT2D eigenvalue weighted by atomic mass is 32.2. The minimum atomic E-state index is -3.82. The van der Waals surface area contributed by atoms with E-state index in [9.17, 15) is 18.5 Å². The number of non-ortho nitro benzene ring substituents is 1. The second-order valence-corrected chi connectivity index (χ2v) is 6.11. The lowest BCUT2D eigenvalue weighted by atomic mass is 10.3. The molecule has 0 bridgehead atoms. The van der Waals surface area contributed by atoms with Crippen molar-refractivity contribution in [1.82, 2.24) is 9.62 Å². The van der Waals surface area contributed by atoms with E-state index in [1.54, 1.807) is 0 Å². The number of hydrogen-bond acceptors (Lipinski definition) is 6. The molecule has 0 aliphatic carbocycles. The van der Waals surface area contributed by atoms with E-state index in [0.29, 0.717) is 6.54 Å². The summed E-state index contributed by atoms with van der Waals surface area (Å²) < 4.78 is 25.9. The number of nitro benzene ring substituents is 1. The Morgan fingerprint density at radius 3 is 2.60 bits per heavy atom. The molecule has 1 aliphatic heterocycles. The maximum Gasteiger partial charge on any atom is 0.269 e. The fraction of sp³-hybridized carbons (Fsp3) is 0.364. The molecule has 1 atom stereocenters. The van der Waals surface area contributed by atoms with Crippen molar-refractivity contribution in [3.8, 4) is 6.07 Å². The van der Waals surface area contributed by atoms with Crippen molar-refractivity contribution >= 4 is 15.7 Å². The number of hydrogen-bond donors (Lipinski definition) is 1. The largest absolute Gasteiger partial charge is 0.313 e. The summed E-state index contributed by atoms with van der Waals surface area (Å²) in [5.41, 5.74) is -0.180. The quantitative estimate of drug-likeness (QED) is 0.623. The SMILES string of the molecule is N#CC1CNCCN1S(=O)(=O)c1ccc([N+](=O)[O-])cc1. The minimum absolute atomic E-state index is 0.0507. The second kappa shape index (κ2) is 5.54. The number of nitriles is 1. The molecule has 1 heterocycles. The van der Waals surface area contributed by atoms with Gasteiger partial charge in [-0.3, -0.25) is 10.1 Å². The third-order valence-corrected chi connectivity index (χ3v) is 4.92. The molecule has 0 spiro atoms. The first-order chi connectivity index (χ1) is 9.46. The van der Waals surface area contributed by atoms with Gasteiger partial charge in [-0.15, -0.1) is 0 Å². The normalized spacial score (nSPS) is 20.2. The summed E-state index contributed by atoms with van der Waals surface area (Å²) in [5, 5.41) is 22.5. The van der Waals surface area contributed by atoms with Crippen LogP contribution >= 0.6 is 0 Å². The van der Waals surface area contributed by atoms with Gasteiger partial charge in [0.1, 0.15) is 6.04 Å². The summed E-state index contributed by atoms with van der Waals surface area (Å²) in [4.78, 5) is 9.91. The van der Waals surface area contributed by atoms with Gasteiger partial charge in [0.2, 0.25) is 10.0 Å². The highest BCUT2D eigenvalue weighted by Gasteiger charge is 2.33. The maximum atomic E-state index is 12.4. The van der Waals surface area contributed by atoms with Gasteiger partial charge in [0, 0.05) is 31.8 Å². The molecule has 0 amide bonds. The molecule has 1 saturated heterocycles. The minimum Gasteiger partial charge on any atom is -0.313 e. The average molecular weight is 296 g/mol. The molecular formula is C11H12N4O4S. The first-order valence-corrected chi connectivity index (χ1v) is 7.27. The van der Waals surface area contributed by atoms with E-state index in [2.05, 4.69) is 5.32 Å². The molecule has 1 unspecified atom stereocenters. The van der Waals surface area contributed by atoms with Crippen LogP contribution in [-0.4, -0.2) is 43.3 Å². The number of rotatable bonds is 3. The van der Waals surface area contributed by atoms with E-state index in [4.69, 9.17) is 5.26 Å². The van der Waals surface area contributed by atoms with Crippen LogP contribution in [0, 0.1) is 21.4 Å². The summed E-state index contributed by atoms with van der Waals surface area (Å²) in [7, 11) is -3.82. The van der Waals surface area contributed by atoms with Gasteiger partial charge in [-0.1, -0.05) is 0 Å². The lowest BCUT2D eigenvalue weighted by Crippen LogP contribution is -2.52. The molecule has 2 rings (SSSR count). The number of sulfonamides is 1. The van der Waals surface area contributed by atoms with Gasteiger partial charge in [0.15, 0.2) is 0 Å². The molecule has 9 heteroatoms. The first kappa shape index (κ1) is 14.4. The Morgan fingerprint density at radius 1 is 1.40 bits per heavy atom. The van der Waals surface area contributed by atoms with Gasteiger partial charge in [-0.2, -0.15) is 9.57 Å².